The molecule has 1 unspecified atom stereocenters. The first-order valence-corrected chi connectivity index (χ1v) is 4.63. The molecule has 68 valence electrons. The second kappa shape index (κ2) is 3.74. The van der Waals surface area contributed by atoms with Crippen LogP contribution in [0, 0.1) is 17.2 Å². The van der Waals surface area contributed by atoms with Crippen molar-refractivity contribution in [2.24, 2.45) is 17.6 Å². The fourth-order valence-electron chi connectivity index (χ4n) is 1.74. The largest absolute Gasteiger partial charge is 0.404 e. The molecular formula is C10H18N2. The van der Waals surface area contributed by atoms with E-state index in [1.165, 1.54) is 0 Å². The van der Waals surface area contributed by atoms with E-state index in [4.69, 9.17) is 11.1 Å². The predicted octanol–water partition coefficient (Wildman–Crippen LogP) is 2.30. The van der Waals surface area contributed by atoms with Gasteiger partial charge >= 0.3 is 0 Å². The van der Waals surface area contributed by atoms with Gasteiger partial charge in [0.2, 0.25) is 0 Å². The highest BCUT2D eigenvalue weighted by Gasteiger charge is 2.22. The first-order chi connectivity index (χ1) is 5.65. The van der Waals surface area contributed by atoms with Crippen LogP contribution in [0.1, 0.15) is 33.1 Å². The number of hydrogen-bond donors (Lipinski definition) is 2. The van der Waals surface area contributed by atoms with Gasteiger partial charge in [-0.25, -0.2) is 0 Å². The number of rotatable bonds is 1. The molecule has 1 aliphatic carbocycles. The van der Waals surface area contributed by atoms with Crippen LogP contribution in [-0.2, 0) is 0 Å². The number of nitrogens with two attached hydrogens (primary N) is 1. The minimum absolute atomic E-state index is 0.716. The topological polar surface area (TPSA) is 49.9 Å². The minimum Gasteiger partial charge on any atom is -0.404 e. The minimum atomic E-state index is 0.716. The highest BCUT2D eigenvalue weighted by atomic mass is 14.5. The monoisotopic (exact) mass is 166 g/mol. The molecule has 0 heterocycles. The van der Waals surface area contributed by atoms with Crippen LogP contribution in [0.4, 0.5) is 0 Å². The zero-order chi connectivity index (χ0) is 9.14. The van der Waals surface area contributed by atoms with Crippen LogP contribution in [-0.4, -0.2) is 5.71 Å². The molecule has 2 nitrogen and oxygen atoms in total. The molecule has 3 N–H and O–H groups in total. The van der Waals surface area contributed by atoms with Gasteiger partial charge in [0.25, 0.3) is 0 Å². The van der Waals surface area contributed by atoms with Gasteiger partial charge in [0.15, 0.2) is 0 Å². The molecule has 2 heteroatoms. The van der Waals surface area contributed by atoms with E-state index < -0.39 is 0 Å². The summed E-state index contributed by atoms with van der Waals surface area (Å²) < 4.78 is 0. The first-order valence-electron chi connectivity index (χ1n) is 4.63. The predicted molar refractivity (Wildman–Crippen MR) is 52.2 cm³/mol. The van der Waals surface area contributed by atoms with E-state index >= 15 is 0 Å². The molecule has 1 rings (SSSR count). The Morgan fingerprint density at radius 1 is 1.58 bits per heavy atom. The summed E-state index contributed by atoms with van der Waals surface area (Å²) in [6, 6.07) is 0. The van der Waals surface area contributed by atoms with Gasteiger partial charge < -0.3 is 11.1 Å². The lowest BCUT2D eigenvalue weighted by atomic mass is 9.78. The molecule has 0 aromatic rings. The fraction of sp³-hybridized carbons (Fsp3) is 0.700. The summed E-state index contributed by atoms with van der Waals surface area (Å²) in [6.45, 7) is 4.49. The fourth-order valence-corrected chi connectivity index (χ4v) is 1.74. The van der Waals surface area contributed by atoms with Crippen LogP contribution in [0.25, 0.3) is 0 Å². The van der Waals surface area contributed by atoms with Crippen LogP contribution in [0.5, 0.6) is 0 Å². The summed E-state index contributed by atoms with van der Waals surface area (Å²) >= 11 is 0. The first kappa shape index (κ1) is 9.30. The highest BCUT2D eigenvalue weighted by Crippen LogP contribution is 2.30. The molecule has 0 spiro atoms. The van der Waals surface area contributed by atoms with Crippen molar-refractivity contribution >= 4 is 5.71 Å². The average Bonchev–Trinajstić information content (AvgIpc) is 2.05. The molecule has 1 atom stereocenters. The van der Waals surface area contributed by atoms with Gasteiger partial charge in [0.05, 0.1) is 0 Å². The summed E-state index contributed by atoms with van der Waals surface area (Å²) in [5.41, 5.74) is 7.25. The Morgan fingerprint density at radius 2 is 2.25 bits per heavy atom. The number of nitrogens with one attached hydrogen (secondary N) is 1. The van der Waals surface area contributed by atoms with Crippen molar-refractivity contribution in [2.45, 2.75) is 33.1 Å². The van der Waals surface area contributed by atoms with Crippen molar-refractivity contribution in [2.75, 3.05) is 0 Å². The van der Waals surface area contributed by atoms with E-state index in [9.17, 15) is 0 Å². The van der Waals surface area contributed by atoms with Crippen molar-refractivity contribution < 1.29 is 0 Å². The van der Waals surface area contributed by atoms with Crippen molar-refractivity contribution in [3.8, 4) is 0 Å². The Morgan fingerprint density at radius 3 is 2.75 bits per heavy atom. The molecule has 0 radical (unpaired) electrons. The molecule has 0 bridgehead atoms. The molecule has 0 aromatic heterocycles. The lowest BCUT2D eigenvalue weighted by Crippen LogP contribution is -2.21. The zero-order valence-corrected chi connectivity index (χ0v) is 7.93. The Kier molecular flexibility index (Phi) is 2.90. The summed E-state index contributed by atoms with van der Waals surface area (Å²) in [6.07, 6.45) is 4.68. The van der Waals surface area contributed by atoms with Gasteiger partial charge in [-0.05, 0) is 42.9 Å². The molecule has 0 aliphatic heterocycles. The normalized spacial score (nSPS) is 28.4. The third kappa shape index (κ3) is 1.87. The maximum absolute atomic E-state index is 7.63. The van der Waals surface area contributed by atoms with E-state index in [1.54, 1.807) is 6.20 Å². The maximum Gasteiger partial charge on any atom is 0.0360 e. The molecule has 0 saturated heterocycles. The third-order valence-electron chi connectivity index (χ3n) is 2.78. The van der Waals surface area contributed by atoms with Crippen LogP contribution in [0.3, 0.4) is 0 Å². The quantitative estimate of drug-likeness (QED) is 0.617. The highest BCUT2D eigenvalue weighted by molar-refractivity contribution is 5.98. The van der Waals surface area contributed by atoms with Gasteiger partial charge in [-0.1, -0.05) is 13.8 Å². The Hall–Kier alpha value is -0.790. The van der Waals surface area contributed by atoms with Gasteiger partial charge in [-0.3, -0.25) is 0 Å². The van der Waals surface area contributed by atoms with Crippen molar-refractivity contribution in [1.82, 2.24) is 0 Å². The molecule has 1 aliphatic rings. The van der Waals surface area contributed by atoms with Crippen LogP contribution in [0.2, 0.25) is 0 Å². The maximum atomic E-state index is 7.63. The lowest BCUT2D eigenvalue weighted by molar-refractivity contribution is 0.354. The Balaban J connectivity index is 2.62. The summed E-state index contributed by atoms with van der Waals surface area (Å²) in [4.78, 5) is 0. The van der Waals surface area contributed by atoms with Crippen molar-refractivity contribution in [1.29, 1.82) is 5.41 Å². The molecular weight excluding hydrogens is 148 g/mol. The van der Waals surface area contributed by atoms with Gasteiger partial charge in [-0.2, -0.15) is 0 Å². The summed E-state index contributed by atoms with van der Waals surface area (Å²) in [5.74, 6) is 1.45. The summed E-state index contributed by atoms with van der Waals surface area (Å²) in [7, 11) is 0. The lowest BCUT2D eigenvalue weighted by Gasteiger charge is -2.27. The van der Waals surface area contributed by atoms with Crippen molar-refractivity contribution in [3.05, 3.63) is 11.8 Å². The van der Waals surface area contributed by atoms with E-state index in [2.05, 4.69) is 13.8 Å². The average molecular weight is 166 g/mol. The van der Waals surface area contributed by atoms with E-state index in [0.29, 0.717) is 5.92 Å². The van der Waals surface area contributed by atoms with E-state index in [1.807, 2.05) is 0 Å². The smallest absolute Gasteiger partial charge is 0.0360 e. The van der Waals surface area contributed by atoms with Crippen LogP contribution in [0.15, 0.2) is 11.8 Å². The molecule has 0 amide bonds. The van der Waals surface area contributed by atoms with Crippen LogP contribution < -0.4 is 5.73 Å². The van der Waals surface area contributed by atoms with E-state index in [-0.39, 0.29) is 0 Å². The SMILES string of the molecule is CC(C)C1CCC(=N)/C(=C\N)C1. The summed E-state index contributed by atoms with van der Waals surface area (Å²) in [5, 5.41) is 7.63. The Labute approximate surface area is 74.4 Å². The van der Waals surface area contributed by atoms with Gasteiger partial charge in [0, 0.05) is 5.71 Å². The molecule has 1 saturated carbocycles. The zero-order valence-electron chi connectivity index (χ0n) is 7.93. The van der Waals surface area contributed by atoms with Crippen LogP contribution >= 0.6 is 0 Å². The Bertz CT molecular complexity index is 204. The second-order valence-corrected chi connectivity index (χ2v) is 3.92. The molecule has 0 aromatic carbocycles. The molecule has 1 fully saturated rings. The third-order valence-corrected chi connectivity index (χ3v) is 2.78. The van der Waals surface area contributed by atoms with Gasteiger partial charge in [-0.15, -0.1) is 0 Å². The number of allylic oxidation sites excluding steroid dienone is 1. The number of hydrogen-bond acceptors (Lipinski definition) is 2. The van der Waals surface area contributed by atoms with Gasteiger partial charge in [0.1, 0.15) is 0 Å². The molecule has 12 heavy (non-hydrogen) atoms. The van der Waals surface area contributed by atoms with E-state index in [0.717, 1.165) is 36.5 Å². The second-order valence-electron chi connectivity index (χ2n) is 3.92. The van der Waals surface area contributed by atoms with Crippen molar-refractivity contribution in [3.63, 3.8) is 0 Å². The standard InChI is InChI=1S/C10H18N2/c1-7(2)8-3-4-10(12)9(5-8)6-11/h6-8,12H,3-5,11H2,1-2H3/b9-6-,12-10?.